The van der Waals surface area contributed by atoms with Gasteiger partial charge in [-0.25, -0.2) is 0 Å². The largest absolute Gasteiger partial charge is 0.389 e. The van der Waals surface area contributed by atoms with Gasteiger partial charge in [-0.3, -0.25) is 9.69 Å². The van der Waals surface area contributed by atoms with Gasteiger partial charge in [-0.05, 0) is 26.9 Å². The van der Waals surface area contributed by atoms with E-state index in [0.29, 0.717) is 12.8 Å². The minimum atomic E-state index is -4.24. The quantitative estimate of drug-likeness (QED) is 0.724. The average Bonchev–Trinajstić information content (AvgIpc) is 2.51. The van der Waals surface area contributed by atoms with Crippen LogP contribution < -0.4 is 0 Å². The van der Waals surface area contributed by atoms with Gasteiger partial charge in [0.05, 0.1) is 12.0 Å². The molecule has 1 saturated carbocycles. The summed E-state index contributed by atoms with van der Waals surface area (Å²) in [6.45, 7) is 0. The molecule has 0 unspecified atom stereocenters. The molecule has 5 heteroatoms. The molecule has 18 heavy (non-hydrogen) atoms. The second-order valence-electron chi connectivity index (χ2n) is 5.38. The predicted octanol–water partition coefficient (Wildman–Crippen LogP) is 3.55. The van der Waals surface area contributed by atoms with Crippen LogP contribution in [0.3, 0.4) is 0 Å². The lowest BCUT2D eigenvalue weighted by Crippen LogP contribution is -2.51. The summed E-state index contributed by atoms with van der Waals surface area (Å²) >= 11 is 0. The van der Waals surface area contributed by atoms with Gasteiger partial charge in [-0.1, -0.05) is 25.7 Å². The standard InChI is InChI=1S/C13H22F3NO/c1-17(2)12(8-5-3-4-6-9-12)11(18)7-10-13(14,15)16/h3-10H2,1-2H3. The van der Waals surface area contributed by atoms with Crippen LogP contribution in [0.25, 0.3) is 0 Å². The fourth-order valence-corrected chi connectivity index (χ4v) is 2.78. The second kappa shape index (κ2) is 6.04. The van der Waals surface area contributed by atoms with E-state index in [9.17, 15) is 18.0 Å². The van der Waals surface area contributed by atoms with Crippen molar-refractivity contribution in [3.63, 3.8) is 0 Å². The molecule has 0 atom stereocenters. The highest BCUT2D eigenvalue weighted by Gasteiger charge is 2.41. The SMILES string of the molecule is CN(C)C1(C(=O)CCC(F)(F)F)CCCCCC1. The molecule has 0 N–H and O–H groups in total. The Bertz CT molecular complexity index is 278. The lowest BCUT2D eigenvalue weighted by molar-refractivity contribution is -0.148. The molecule has 0 saturated heterocycles. The highest BCUT2D eigenvalue weighted by atomic mass is 19.4. The number of Topliss-reactive ketones (excluding diaryl/α,β-unsaturated/α-hetero) is 1. The monoisotopic (exact) mass is 265 g/mol. The molecule has 0 aromatic rings. The Hall–Kier alpha value is -0.580. The Morgan fingerprint density at radius 2 is 1.61 bits per heavy atom. The molecule has 0 aliphatic heterocycles. The molecule has 106 valence electrons. The highest BCUT2D eigenvalue weighted by molar-refractivity contribution is 5.88. The minimum absolute atomic E-state index is 0.244. The molecule has 1 fully saturated rings. The predicted molar refractivity (Wildman–Crippen MR) is 64.4 cm³/mol. The summed E-state index contributed by atoms with van der Waals surface area (Å²) < 4.78 is 36.7. The molecule has 2 nitrogen and oxygen atoms in total. The van der Waals surface area contributed by atoms with Gasteiger partial charge in [0.2, 0.25) is 0 Å². The summed E-state index contributed by atoms with van der Waals surface area (Å²) in [6.07, 6.45) is -0.249. The molecular weight excluding hydrogens is 243 g/mol. The van der Waals surface area contributed by atoms with Crippen LogP contribution in [0.4, 0.5) is 13.2 Å². The number of carbonyl (C=O) groups excluding carboxylic acids is 1. The molecule has 0 aromatic carbocycles. The van der Waals surface area contributed by atoms with Gasteiger partial charge in [-0.15, -0.1) is 0 Å². The van der Waals surface area contributed by atoms with Gasteiger partial charge < -0.3 is 0 Å². The van der Waals surface area contributed by atoms with Crippen molar-refractivity contribution >= 4 is 5.78 Å². The number of rotatable bonds is 4. The van der Waals surface area contributed by atoms with Crippen molar-refractivity contribution in [1.82, 2.24) is 4.90 Å². The van der Waals surface area contributed by atoms with Crippen LogP contribution in [0.1, 0.15) is 51.4 Å². The molecule has 0 radical (unpaired) electrons. The van der Waals surface area contributed by atoms with Crippen LogP contribution in [0, 0.1) is 0 Å². The minimum Gasteiger partial charge on any atom is -0.298 e. The maximum Gasteiger partial charge on any atom is 0.389 e. The summed E-state index contributed by atoms with van der Waals surface area (Å²) in [4.78, 5) is 14.0. The van der Waals surface area contributed by atoms with Gasteiger partial charge in [-0.2, -0.15) is 13.2 Å². The van der Waals surface area contributed by atoms with Crippen molar-refractivity contribution in [3.05, 3.63) is 0 Å². The number of hydrogen-bond donors (Lipinski definition) is 0. The van der Waals surface area contributed by atoms with Gasteiger partial charge in [0.1, 0.15) is 0 Å². The van der Waals surface area contributed by atoms with Crippen LogP contribution in [0.5, 0.6) is 0 Å². The Labute approximate surface area is 107 Å². The van der Waals surface area contributed by atoms with Crippen LogP contribution in [0.2, 0.25) is 0 Å². The summed E-state index contributed by atoms with van der Waals surface area (Å²) in [6, 6.07) is 0. The van der Waals surface area contributed by atoms with Gasteiger partial charge >= 0.3 is 6.18 Å². The second-order valence-corrected chi connectivity index (χ2v) is 5.38. The molecule has 0 amide bonds. The Balaban J connectivity index is 2.74. The smallest absolute Gasteiger partial charge is 0.298 e. The highest BCUT2D eigenvalue weighted by Crippen LogP contribution is 2.34. The molecule has 0 heterocycles. The van der Waals surface area contributed by atoms with E-state index in [2.05, 4.69) is 0 Å². The summed E-state index contributed by atoms with van der Waals surface area (Å²) in [5, 5.41) is 0. The maximum absolute atomic E-state index is 12.2. The zero-order valence-corrected chi connectivity index (χ0v) is 11.1. The third-order valence-electron chi connectivity index (χ3n) is 3.94. The van der Waals surface area contributed by atoms with E-state index in [-0.39, 0.29) is 12.2 Å². The van der Waals surface area contributed by atoms with Crippen molar-refractivity contribution in [2.45, 2.75) is 63.1 Å². The molecule has 0 aromatic heterocycles. The molecule has 1 aliphatic rings. The zero-order valence-electron chi connectivity index (χ0n) is 11.1. The Kier molecular flexibility index (Phi) is 5.20. The molecular formula is C13H22F3NO. The summed E-state index contributed by atoms with van der Waals surface area (Å²) in [5.74, 6) is -0.244. The number of alkyl halides is 3. The summed E-state index contributed by atoms with van der Waals surface area (Å²) in [7, 11) is 3.60. The van der Waals surface area contributed by atoms with Gasteiger partial charge in [0, 0.05) is 6.42 Å². The van der Waals surface area contributed by atoms with Crippen LogP contribution in [-0.4, -0.2) is 36.5 Å². The van der Waals surface area contributed by atoms with E-state index in [1.165, 1.54) is 0 Å². The first-order valence-electron chi connectivity index (χ1n) is 6.55. The number of nitrogens with zero attached hydrogens (tertiary/aromatic N) is 1. The first kappa shape index (κ1) is 15.5. The van der Waals surface area contributed by atoms with E-state index in [1.54, 1.807) is 14.1 Å². The van der Waals surface area contributed by atoms with E-state index in [1.807, 2.05) is 4.90 Å². The van der Waals surface area contributed by atoms with Crippen molar-refractivity contribution in [1.29, 1.82) is 0 Å². The number of hydrogen-bond acceptors (Lipinski definition) is 2. The number of carbonyl (C=O) groups is 1. The lowest BCUT2D eigenvalue weighted by Gasteiger charge is -2.38. The van der Waals surface area contributed by atoms with E-state index >= 15 is 0 Å². The molecule has 0 bridgehead atoms. The van der Waals surface area contributed by atoms with Crippen molar-refractivity contribution in [3.8, 4) is 0 Å². The van der Waals surface area contributed by atoms with E-state index < -0.39 is 18.1 Å². The zero-order chi connectivity index (χ0) is 13.8. The van der Waals surface area contributed by atoms with E-state index in [0.717, 1.165) is 25.7 Å². The fourth-order valence-electron chi connectivity index (χ4n) is 2.78. The third kappa shape index (κ3) is 3.97. The van der Waals surface area contributed by atoms with Gasteiger partial charge in [0.15, 0.2) is 5.78 Å². The lowest BCUT2D eigenvalue weighted by atomic mass is 9.82. The number of likely N-dealkylation sites (N-methyl/N-ethyl adjacent to an activating group) is 1. The topological polar surface area (TPSA) is 20.3 Å². The van der Waals surface area contributed by atoms with Crippen LogP contribution in [0.15, 0.2) is 0 Å². The molecule has 1 aliphatic carbocycles. The van der Waals surface area contributed by atoms with Crippen molar-refractivity contribution in [2.75, 3.05) is 14.1 Å². The maximum atomic E-state index is 12.2. The van der Waals surface area contributed by atoms with Crippen LogP contribution >= 0.6 is 0 Å². The Morgan fingerprint density at radius 1 is 1.11 bits per heavy atom. The number of ketones is 1. The normalized spacial score (nSPS) is 20.8. The summed E-state index contributed by atoms with van der Waals surface area (Å²) in [5.41, 5.74) is -0.665. The number of halogens is 3. The van der Waals surface area contributed by atoms with Crippen molar-refractivity contribution in [2.24, 2.45) is 0 Å². The first-order valence-corrected chi connectivity index (χ1v) is 6.55. The van der Waals surface area contributed by atoms with Gasteiger partial charge in [0.25, 0.3) is 0 Å². The third-order valence-corrected chi connectivity index (χ3v) is 3.94. The molecule has 1 rings (SSSR count). The average molecular weight is 265 g/mol. The van der Waals surface area contributed by atoms with Crippen molar-refractivity contribution < 1.29 is 18.0 Å². The van der Waals surface area contributed by atoms with E-state index in [4.69, 9.17) is 0 Å². The molecule has 0 spiro atoms. The fraction of sp³-hybridized carbons (Fsp3) is 0.923. The first-order chi connectivity index (χ1) is 8.28. The Morgan fingerprint density at radius 3 is 2.00 bits per heavy atom. The van der Waals surface area contributed by atoms with Crippen LogP contribution in [-0.2, 0) is 4.79 Å².